The highest BCUT2D eigenvalue weighted by molar-refractivity contribution is 5.93. The highest BCUT2D eigenvalue weighted by Gasteiger charge is 2.00. The zero-order chi connectivity index (χ0) is 10.7. The Morgan fingerprint density at radius 2 is 2.20 bits per heavy atom. The molecule has 76 valence electrons. The van der Waals surface area contributed by atoms with E-state index in [2.05, 4.69) is 9.93 Å². The third-order valence-corrected chi connectivity index (χ3v) is 2.10. The molecule has 0 amide bonds. The second-order valence-corrected chi connectivity index (χ2v) is 3.02. The van der Waals surface area contributed by atoms with Gasteiger partial charge in [0.2, 0.25) is 0 Å². The third-order valence-electron chi connectivity index (χ3n) is 2.10. The molecule has 3 nitrogen and oxygen atoms in total. The molecule has 0 saturated carbocycles. The van der Waals surface area contributed by atoms with Gasteiger partial charge >= 0.3 is 5.97 Å². The fourth-order valence-corrected chi connectivity index (χ4v) is 1.42. The van der Waals surface area contributed by atoms with E-state index in [0.717, 1.165) is 22.5 Å². The molecule has 0 aliphatic rings. The molecule has 1 aromatic heterocycles. The lowest BCUT2D eigenvalue weighted by Gasteiger charge is -1.89. The monoisotopic (exact) mass is 205 g/mol. The van der Waals surface area contributed by atoms with Crippen LogP contribution in [0.1, 0.15) is 5.56 Å². The van der Waals surface area contributed by atoms with Crippen molar-refractivity contribution in [2.24, 2.45) is 0 Å². The normalized spacial score (nSPS) is 11.0. The zero-order valence-electron chi connectivity index (χ0n) is 7.74. The van der Waals surface area contributed by atoms with E-state index in [4.69, 9.17) is 0 Å². The van der Waals surface area contributed by atoms with E-state index in [1.54, 1.807) is 6.20 Å². The van der Waals surface area contributed by atoms with Crippen LogP contribution in [-0.2, 0) is 9.74 Å². The van der Waals surface area contributed by atoms with Gasteiger partial charge in [-0.3, -0.25) is 4.94 Å². The van der Waals surface area contributed by atoms with Crippen molar-refractivity contribution in [3.8, 4) is 0 Å². The first-order chi connectivity index (χ1) is 7.31. The number of hydrogen-bond donors (Lipinski definition) is 1. The number of hydrogen-bond acceptors (Lipinski definition) is 2. The molecule has 0 atom stereocenters. The smallest absolute Gasteiger partial charge is 0.361 e. The van der Waals surface area contributed by atoms with Crippen LogP contribution >= 0.6 is 0 Å². The van der Waals surface area contributed by atoms with Gasteiger partial charge in [0.05, 0.1) is 0 Å². The molecule has 0 saturated heterocycles. The molecule has 2 rings (SSSR count). The van der Waals surface area contributed by atoms with Gasteiger partial charge in [0.1, 0.15) is 0 Å². The van der Waals surface area contributed by atoms with Crippen LogP contribution in [0.4, 0.5) is 4.53 Å². The minimum atomic E-state index is -1.01. The van der Waals surface area contributed by atoms with Crippen molar-refractivity contribution in [2.75, 3.05) is 0 Å². The average molecular weight is 205 g/mol. The SMILES string of the molecule is O=C(/C=C/c1c[nH]c2ccccc12)OF. The predicted octanol–water partition coefficient (Wildman–Crippen LogP) is 2.61. The van der Waals surface area contributed by atoms with E-state index < -0.39 is 5.97 Å². The van der Waals surface area contributed by atoms with Gasteiger partial charge in [0.15, 0.2) is 0 Å². The van der Waals surface area contributed by atoms with Crippen molar-refractivity contribution in [3.63, 3.8) is 0 Å². The van der Waals surface area contributed by atoms with Gasteiger partial charge in [-0.2, -0.15) is 0 Å². The highest BCUT2D eigenvalue weighted by atomic mass is 19.3. The van der Waals surface area contributed by atoms with Crippen molar-refractivity contribution in [3.05, 3.63) is 42.1 Å². The first-order valence-corrected chi connectivity index (χ1v) is 4.38. The highest BCUT2D eigenvalue weighted by Crippen LogP contribution is 2.18. The molecule has 0 unspecified atom stereocenters. The summed E-state index contributed by atoms with van der Waals surface area (Å²) >= 11 is 0. The Morgan fingerprint density at radius 3 is 3.00 bits per heavy atom. The third kappa shape index (κ3) is 1.88. The van der Waals surface area contributed by atoms with Gasteiger partial charge in [-0.05, 0) is 12.1 Å². The first-order valence-electron chi connectivity index (χ1n) is 4.38. The van der Waals surface area contributed by atoms with Gasteiger partial charge in [0.25, 0.3) is 0 Å². The number of carbonyl (C=O) groups is 1. The summed E-state index contributed by atoms with van der Waals surface area (Å²) in [5.74, 6) is -1.01. The molecule has 0 aliphatic heterocycles. The van der Waals surface area contributed by atoms with Crippen molar-refractivity contribution in [1.82, 2.24) is 4.98 Å². The quantitative estimate of drug-likeness (QED) is 0.765. The van der Waals surface area contributed by atoms with E-state index in [-0.39, 0.29) is 0 Å². The van der Waals surface area contributed by atoms with Crippen LogP contribution < -0.4 is 0 Å². The molecule has 1 aromatic carbocycles. The largest absolute Gasteiger partial charge is 0.372 e. The van der Waals surface area contributed by atoms with Gasteiger partial charge in [-0.15, -0.1) is 0 Å². The number of carbonyl (C=O) groups excluding carboxylic acids is 1. The summed E-state index contributed by atoms with van der Waals surface area (Å²) in [6.45, 7) is 0. The first kappa shape index (κ1) is 9.45. The van der Waals surface area contributed by atoms with Crippen LogP contribution in [0.15, 0.2) is 36.5 Å². The van der Waals surface area contributed by atoms with Gasteiger partial charge in [-0.1, -0.05) is 18.2 Å². The van der Waals surface area contributed by atoms with Gasteiger partial charge in [0, 0.05) is 33.3 Å². The minimum absolute atomic E-state index is 0.816. The number of aromatic amines is 1. The maximum absolute atomic E-state index is 11.4. The molecule has 0 radical (unpaired) electrons. The number of aromatic nitrogens is 1. The fourth-order valence-electron chi connectivity index (χ4n) is 1.42. The molecule has 2 aromatic rings. The number of halogens is 1. The summed E-state index contributed by atoms with van der Waals surface area (Å²) in [7, 11) is 0. The second-order valence-electron chi connectivity index (χ2n) is 3.02. The molecule has 15 heavy (non-hydrogen) atoms. The molecule has 0 fully saturated rings. The number of para-hydroxylation sites is 1. The number of benzene rings is 1. The van der Waals surface area contributed by atoms with Crippen molar-refractivity contribution >= 4 is 22.9 Å². The van der Waals surface area contributed by atoms with E-state index >= 15 is 0 Å². The number of rotatable bonds is 2. The van der Waals surface area contributed by atoms with E-state index in [1.807, 2.05) is 24.3 Å². The molecular formula is C11H8FNO2. The lowest BCUT2D eigenvalue weighted by Crippen LogP contribution is -1.89. The lowest BCUT2D eigenvalue weighted by molar-refractivity contribution is -0.176. The lowest BCUT2D eigenvalue weighted by atomic mass is 10.1. The van der Waals surface area contributed by atoms with E-state index in [1.165, 1.54) is 6.08 Å². The van der Waals surface area contributed by atoms with Crippen LogP contribution in [0.2, 0.25) is 0 Å². The number of H-pyrrole nitrogens is 1. The number of nitrogens with one attached hydrogen (secondary N) is 1. The van der Waals surface area contributed by atoms with Crippen LogP contribution in [0, 0.1) is 0 Å². The summed E-state index contributed by atoms with van der Waals surface area (Å²) in [5, 5.41) is 0.973. The van der Waals surface area contributed by atoms with Crippen LogP contribution in [0.5, 0.6) is 0 Å². The second kappa shape index (κ2) is 3.96. The Balaban J connectivity index is 2.36. The van der Waals surface area contributed by atoms with Crippen molar-refractivity contribution in [1.29, 1.82) is 0 Å². The maximum atomic E-state index is 11.4. The van der Waals surface area contributed by atoms with E-state index in [0.29, 0.717) is 0 Å². The zero-order valence-corrected chi connectivity index (χ0v) is 7.74. The molecule has 1 N–H and O–H groups in total. The molecule has 1 heterocycles. The Morgan fingerprint density at radius 1 is 1.40 bits per heavy atom. The van der Waals surface area contributed by atoms with Crippen molar-refractivity contribution in [2.45, 2.75) is 0 Å². The van der Waals surface area contributed by atoms with Crippen LogP contribution in [0.3, 0.4) is 0 Å². The van der Waals surface area contributed by atoms with Crippen molar-refractivity contribution < 1.29 is 14.3 Å². The molecular weight excluding hydrogens is 197 g/mol. The summed E-state index contributed by atoms with van der Waals surface area (Å²) < 4.78 is 11.4. The summed E-state index contributed by atoms with van der Waals surface area (Å²) in [5.41, 5.74) is 1.78. The Bertz CT molecular complexity index is 516. The minimum Gasteiger partial charge on any atom is -0.361 e. The fraction of sp³-hybridized carbons (Fsp3) is 0. The van der Waals surface area contributed by atoms with Crippen LogP contribution in [0.25, 0.3) is 17.0 Å². The Hall–Kier alpha value is -2.10. The van der Waals surface area contributed by atoms with E-state index in [9.17, 15) is 9.32 Å². The summed E-state index contributed by atoms with van der Waals surface area (Å²) in [6.07, 6.45) is 4.28. The molecule has 0 spiro atoms. The standard InChI is InChI=1S/C11H8FNO2/c12-15-11(14)6-5-8-7-13-10-4-2-1-3-9(8)10/h1-7,13H/b6-5+. The average Bonchev–Trinajstić information content (AvgIpc) is 2.69. The number of fused-ring (bicyclic) bond motifs is 1. The summed E-state index contributed by atoms with van der Waals surface area (Å²) in [6, 6.07) is 7.62. The Kier molecular flexibility index (Phi) is 2.49. The van der Waals surface area contributed by atoms with Gasteiger partial charge in [-0.25, -0.2) is 4.79 Å². The maximum Gasteiger partial charge on any atom is 0.372 e. The van der Waals surface area contributed by atoms with Gasteiger partial charge < -0.3 is 4.98 Å². The van der Waals surface area contributed by atoms with Crippen LogP contribution in [-0.4, -0.2) is 11.0 Å². The molecule has 0 bridgehead atoms. The summed E-state index contributed by atoms with van der Waals surface area (Å²) in [4.78, 5) is 16.6. The molecule has 4 heteroatoms. The topological polar surface area (TPSA) is 42.1 Å². The molecule has 0 aliphatic carbocycles. The predicted molar refractivity (Wildman–Crippen MR) is 54.5 cm³/mol. The Labute approximate surface area is 85.1 Å².